The zero-order valence-electron chi connectivity index (χ0n) is 13.5. The van der Waals surface area contributed by atoms with Gasteiger partial charge in [0.15, 0.2) is 0 Å². The second kappa shape index (κ2) is 8.62. The highest BCUT2D eigenvalue weighted by Gasteiger charge is 2.22. The van der Waals surface area contributed by atoms with Crippen molar-refractivity contribution in [3.8, 4) is 0 Å². The molecule has 0 radical (unpaired) electrons. The van der Waals surface area contributed by atoms with Crippen molar-refractivity contribution in [1.29, 1.82) is 0 Å². The Morgan fingerprint density at radius 2 is 2.09 bits per heavy atom. The molecule has 1 unspecified atom stereocenters. The summed E-state index contributed by atoms with van der Waals surface area (Å²) in [5.74, 6) is -0.504. The maximum atomic E-state index is 12.8. The molecule has 1 aromatic rings. The minimum Gasteiger partial charge on any atom is -0.350 e. The van der Waals surface area contributed by atoms with Crippen molar-refractivity contribution < 1.29 is 14.0 Å². The summed E-state index contributed by atoms with van der Waals surface area (Å²) in [4.78, 5) is 25.8. The van der Waals surface area contributed by atoms with E-state index in [0.717, 1.165) is 24.9 Å². The molecule has 1 saturated heterocycles. The second-order valence-corrected chi connectivity index (χ2v) is 5.81. The minimum atomic E-state index is -0.302. The van der Waals surface area contributed by atoms with Crippen LogP contribution in [-0.2, 0) is 16.1 Å². The minimum absolute atomic E-state index is 0.00355. The maximum Gasteiger partial charge on any atom is 0.239 e. The normalized spacial score (nSPS) is 17.0. The third kappa shape index (κ3) is 5.63. The lowest BCUT2D eigenvalue weighted by Crippen LogP contribution is -2.42. The van der Waals surface area contributed by atoms with E-state index in [-0.39, 0.29) is 30.2 Å². The number of carbonyl (C=O) groups is 2. The number of amides is 2. The summed E-state index contributed by atoms with van der Waals surface area (Å²) < 4.78 is 12.8. The monoisotopic (exact) mass is 321 g/mol. The Morgan fingerprint density at radius 3 is 2.70 bits per heavy atom. The summed E-state index contributed by atoms with van der Waals surface area (Å²) in [5, 5.41) is 6.05. The highest BCUT2D eigenvalue weighted by atomic mass is 19.1. The first-order valence-electron chi connectivity index (χ1n) is 8.10. The van der Waals surface area contributed by atoms with E-state index >= 15 is 0 Å². The van der Waals surface area contributed by atoms with Gasteiger partial charge in [0, 0.05) is 25.6 Å². The van der Waals surface area contributed by atoms with Gasteiger partial charge in [0.25, 0.3) is 0 Å². The van der Waals surface area contributed by atoms with Crippen molar-refractivity contribution in [3.05, 3.63) is 35.6 Å². The molecule has 2 rings (SSSR count). The first kappa shape index (κ1) is 17.4. The molecule has 0 aliphatic carbocycles. The number of halogens is 1. The van der Waals surface area contributed by atoms with Crippen LogP contribution in [0, 0.1) is 5.82 Å². The second-order valence-electron chi connectivity index (χ2n) is 5.81. The Labute approximate surface area is 136 Å². The quantitative estimate of drug-likeness (QED) is 0.799. The first-order chi connectivity index (χ1) is 11.1. The predicted octanol–water partition coefficient (Wildman–Crippen LogP) is 1.43. The largest absolute Gasteiger partial charge is 0.350 e. The number of nitrogens with zero attached hydrogens (tertiary/aromatic N) is 1. The fourth-order valence-electron chi connectivity index (χ4n) is 2.68. The van der Waals surface area contributed by atoms with Gasteiger partial charge in [0.05, 0.1) is 6.54 Å². The fraction of sp³-hybridized carbons (Fsp3) is 0.529. The Hall–Kier alpha value is -1.95. The van der Waals surface area contributed by atoms with E-state index < -0.39 is 0 Å². The van der Waals surface area contributed by atoms with Crippen LogP contribution in [0.4, 0.5) is 4.39 Å². The number of hydrogen-bond acceptors (Lipinski definition) is 3. The lowest BCUT2D eigenvalue weighted by atomic mass is 10.1. The van der Waals surface area contributed by atoms with Gasteiger partial charge in [0.2, 0.25) is 11.8 Å². The summed E-state index contributed by atoms with van der Waals surface area (Å²) in [5.41, 5.74) is 0.823. The van der Waals surface area contributed by atoms with Crippen molar-refractivity contribution >= 4 is 11.8 Å². The van der Waals surface area contributed by atoms with Crippen LogP contribution in [0.3, 0.4) is 0 Å². The van der Waals surface area contributed by atoms with Gasteiger partial charge < -0.3 is 15.5 Å². The van der Waals surface area contributed by atoms with Crippen LogP contribution >= 0.6 is 0 Å². The van der Waals surface area contributed by atoms with Crippen LogP contribution in [0.5, 0.6) is 0 Å². The molecule has 5 nitrogen and oxygen atoms in total. The van der Waals surface area contributed by atoms with Crippen molar-refractivity contribution in [2.24, 2.45) is 0 Å². The number of nitrogens with one attached hydrogen (secondary N) is 2. The lowest BCUT2D eigenvalue weighted by molar-refractivity contribution is -0.136. The molecular weight excluding hydrogens is 297 g/mol. The summed E-state index contributed by atoms with van der Waals surface area (Å²) in [6, 6.07) is 6.21. The van der Waals surface area contributed by atoms with Crippen LogP contribution in [0.1, 0.15) is 31.7 Å². The molecular formula is C17H24FN3O2. The highest BCUT2D eigenvalue weighted by molar-refractivity contribution is 5.85. The van der Waals surface area contributed by atoms with Gasteiger partial charge in [-0.05, 0) is 44.0 Å². The van der Waals surface area contributed by atoms with Gasteiger partial charge in [-0.1, -0.05) is 12.1 Å². The number of carbonyl (C=O) groups excluding carboxylic acids is 2. The number of rotatable bonds is 7. The van der Waals surface area contributed by atoms with E-state index in [1.54, 1.807) is 17.0 Å². The third-order valence-corrected chi connectivity index (χ3v) is 4.06. The van der Waals surface area contributed by atoms with E-state index in [2.05, 4.69) is 10.6 Å². The molecule has 1 atom stereocenters. The molecule has 2 N–H and O–H groups in total. The molecule has 0 saturated carbocycles. The zero-order valence-corrected chi connectivity index (χ0v) is 13.5. The molecule has 0 aromatic heterocycles. The smallest absolute Gasteiger partial charge is 0.239 e. The summed E-state index contributed by atoms with van der Waals surface area (Å²) in [7, 11) is 0. The molecule has 1 aromatic carbocycles. The van der Waals surface area contributed by atoms with Crippen LogP contribution in [0.15, 0.2) is 24.3 Å². The van der Waals surface area contributed by atoms with Gasteiger partial charge >= 0.3 is 0 Å². The molecule has 1 fully saturated rings. The average molecular weight is 321 g/mol. The van der Waals surface area contributed by atoms with E-state index in [1.807, 2.05) is 6.92 Å². The molecule has 1 aliphatic rings. The molecule has 2 amide bonds. The van der Waals surface area contributed by atoms with Gasteiger partial charge in [-0.15, -0.1) is 0 Å². The molecule has 1 aliphatic heterocycles. The molecule has 1 heterocycles. The van der Waals surface area contributed by atoms with E-state index in [1.165, 1.54) is 12.1 Å². The Kier molecular flexibility index (Phi) is 6.52. The van der Waals surface area contributed by atoms with Crippen LogP contribution < -0.4 is 10.6 Å². The standard InChI is InChI=1S/C17H24FN3O2/c1-2-21(17(23)10-15-4-3-9-19-15)12-16(22)20-11-13-5-7-14(18)8-6-13/h5-8,15,19H,2-4,9-12H2,1H3,(H,20,22). The summed E-state index contributed by atoms with van der Waals surface area (Å²) in [6.45, 7) is 3.73. The van der Waals surface area contributed by atoms with Crippen LogP contribution in [-0.4, -0.2) is 42.4 Å². The molecule has 23 heavy (non-hydrogen) atoms. The maximum absolute atomic E-state index is 12.8. The zero-order chi connectivity index (χ0) is 16.7. The Balaban J connectivity index is 1.76. The van der Waals surface area contributed by atoms with Gasteiger partial charge in [-0.25, -0.2) is 4.39 Å². The van der Waals surface area contributed by atoms with Crippen LogP contribution in [0.25, 0.3) is 0 Å². The molecule has 0 spiro atoms. The van der Waals surface area contributed by atoms with E-state index in [0.29, 0.717) is 19.5 Å². The van der Waals surface area contributed by atoms with Gasteiger partial charge in [-0.2, -0.15) is 0 Å². The van der Waals surface area contributed by atoms with Crippen molar-refractivity contribution in [2.75, 3.05) is 19.6 Å². The third-order valence-electron chi connectivity index (χ3n) is 4.06. The fourth-order valence-corrected chi connectivity index (χ4v) is 2.68. The van der Waals surface area contributed by atoms with Gasteiger partial charge in [0.1, 0.15) is 5.82 Å². The van der Waals surface area contributed by atoms with Gasteiger partial charge in [-0.3, -0.25) is 9.59 Å². The molecule has 6 heteroatoms. The number of hydrogen-bond donors (Lipinski definition) is 2. The molecule has 126 valence electrons. The van der Waals surface area contributed by atoms with E-state index in [9.17, 15) is 14.0 Å². The van der Waals surface area contributed by atoms with Crippen molar-refractivity contribution in [3.63, 3.8) is 0 Å². The molecule has 0 bridgehead atoms. The average Bonchev–Trinajstić information content (AvgIpc) is 3.05. The topological polar surface area (TPSA) is 61.4 Å². The Bertz CT molecular complexity index is 527. The first-order valence-corrected chi connectivity index (χ1v) is 8.10. The highest BCUT2D eigenvalue weighted by Crippen LogP contribution is 2.10. The van der Waals surface area contributed by atoms with Crippen molar-refractivity contribution in [2.45, 2.75) is 38.8 Å². The number of likely N-dealkylation sites (N-methyl/N-ethyl adjacent to an activating group) is 1. The summed E-state index contributed by atoms with van der Waals surface area (Å²) in [6.07, 6.45) is 2.56. The van der Waals surface area contributed by atoms with Crippen molar-refractivity contribution in [1.82, 2.24) is 15.5 Å². The SMILES string of the molecule is CCN(CC(=O)NCc1ccc(F)cc1)C(=O)CC1CCCN1. The lowest BCUT2D eigenvalue weighted by Gasteiger charge is -2.22. The summed E-state index contributed by atoms with van der Waals surface area (Å²) >= 11 is 0. The Morgan fingerprint density at radius 1 is 1.35 bits per heavy atom. The predicted molar refractivity (Wildman–Crippen MR) is 86.1 cm³/mol. The van der Waals surface area contributed by atoms with Crippen LogP contribution in [0.2, 0.25) is 0 Å². The number of benzene rings is 1. The van der Waals surface area contributed by atoms with E-state index in [4.69, 9.17) is 0 Å².